The third-order valence-corrected chi connectivity index (χ3v) is 2.51. The molecule has 8 heteroatoms. The summed E-state index contributed by atoms with van der Waals surface area (Å²) in [5.41, 5.74) is 0. The van der Waals surface area contributed by atoms with Gasteiger partial charge in [0.2, 0.25) is 0 Å². The highest BCUT2D eigenvalue weighted by Gasteiger charge is 2.34. The molecule has 88 valence electrons. The van der Waals surface area contributed by atoms with Gasteiger partial charge < -0.3 is 9.84 Å². The molecule has 0 saturated heterocycles. The van der Waals surface area contributed by atoms with Crippen LogP contribution in [-0.4, -0.2) is 41.9 Å². The predicted octanol–water partition coefficient (Wildman–Crippen LogP) is -0.329. The molecule has 2 N–H and O–H groups in total. The molecule has 0 rings (SSSR count). The van der Waals surface area contributed by atoms with Crippen molar-refractivity contribution in [3.05, 3.63) is 0 Å². The monoisotopic (exact) mass is 240 g/mol. The van der Waals surface area contributed by atoms with Gasteiger partial charge in [-0.1, -0.05) is 6.92 Å². The Morgan fingerprint density at radius 3 is 2.27 bits per heavy atom. The van der Waals surface area contributed by atoms with Crippen molar-refractivity contribution in [1.29, 1.82) is 0 Å². The minimum atomic E-state index is -4.75. The van der Waals surface area contributed by atoms with E-state index in [1.165, 1.54) is 0 Å². The first-order valence-corrected chi connectivity index (χ1v) is 5.64. The number of ether oxygens (including phenoxy) is 1. The maximum Gasteiger partial charge on any atom is 0.327 e. The highest BCUT2D eigenvalue weighted by Crippen LogP contribution is 2.07. The van der Waals surface area contributed by atoms with E-state index in [0.29, 0.717) is 6.42 Å². The van der Waals surface area contributed by atoms with E-state index in [0.717, 1.165) is 0 Å². The van der Waals surface area contributed by atoms with Gasteiger partial charge in [0.15, 0.2) is 5.25 Å². The summed E-state index contributed by atoms with van der Waals surface area (Å²) in [4.78, 5) is 21.3. The van der Waals surface area contributed by atoms with Crippen LogP contribution in [0.3, 0.4) is 0 Å². The van der Waals surface area contributed by atoms with E-state index in [4.69, 9.17) is 9.66 Å². The van der Waals surface area contributed by atoms with Crippen LogP contribution in [0, 0.1) is 0 Å². The Morgan fingerprint density at radius 2 is 1.93 bits per heavy atom. The first-order valence-electron chi connectivity index (χ1n) is 4.13. The Balaban J connectivity index is 4.64. The summed E-state index contributed by atoms with van der Waals surface area (Å²) in [6.07, 6.45) is -0.543. The Kier molecular flexibility index (Phi) is 5.23. The second kappa shape index (κ2) is 5.66. The molecule has 0 spiro atoms. The topological polar surface area (TPSA) is 118 Å². The molecule has 1 unspecified atom stereocenters. The van der Waals surface area contributed by atoms with Crippen molar-refractivity contribution in [3.8, 4) is 0 Å². The van der Waals surface area contributed by atoms with Crippen LogP contribution in [0.4, 0.5) is 0 Å². The molecule has 0 fully saturated rings. The lowest BCUT2D eigenvalue weighted by Crippen LogP contribution is -2.34. The number of aliphatic carboxylic acids is 1. The summed E-state index contributed by atoms with van der Waals surface area (Å²) in [5, 5.41) is 6.28. The lowest BCUT2D eigenvalue weighted by molar-refractivity contribution is -0.147. The van der Waals surface area contributed by atoms with Crippen LogP contribution in [-0.2, 0) is 24.4 Å². The molecular formula is C7H12O7S. The molecule has 0 aliphatic carbocycles. The first kappa shape index (κ1) is 13.8. The van der Waals surface area contributed by atoms with Crippen molar-refractivity contribution in [2.75, 3.05) is 6.61 Å². The lowest BCUT2D eigenvalue weighted by Gasteiger charge is -2.10. The van der Waals surface area contributed by atoms with Gasteiger partial charge in [0.1, 0.15) is 0 Å². The van der Waals surface area contributed by atoms with Crippen LogP contribution in [0.2, 0.25) is 0 Å². The highest BCUT2D eigenvalue weighted by atomic mass is 32.2. The smallest absolute Gasteiger partial charge is 0.327 e. The highest BCUT2D eigenvalue weighted by molar-refractivity contribution is 7.87. The quantitative estimate of drug-likeness (QED) is 0.482. The molecular weight excluding hydrogens is 228 g/mol. The Morgan fingerprint density at radius 1 is 1.40 bits per heavy atom. The number of carbonyl (C=O) groups excluding carboxylic acids is 1. The van der Waals surface area contributed by atoms with Gasteiger partial charge in [0.05, 0.1) is 13.0 Å². The van der Waals surface area contributed by atoms with Crippen LogP contribution < -0.4 is 0 Å². The van der Waals surface area contributed by atoms with E-state index in [2.05, 4.69) is 4.74 Å². The lowest BCUT2D eigenvalue weighted by atomic mass is 10.3. The van der Waals surface area contributed by atoms with Crippen LogP contribution in [0.1, 0.15) is 19.8 Å². The fourth-order valence-electron chi connectivity index (χ4n) is 0.764. The number of carboxylic acid groups (broad SMARTS) is 1. The van der Waals surface area contributed by atoms with E-state index in [1.54, 1.807) is 6.92 Å². The van der Waals surface area contributed by atoms with E-state index >= 15 is 0 Å². The predicted molar refractivity (Wildman–Crippen MR) is 48.8 cm³/mol. The van der Waals surface area contributed by atoms with Crippen molar-refractivity contribution in [2.24, 2.45) is 0 Å². The van der Waals surface area contributed by atoms with Crippen molar-refractivity contribution in [2.45, 2.75) is 25.0 Å². The van der Waals surface area contributed by atoms with Gasteiger partial charge in [-0.3, -0.25) is 14.1 Å². The van der Waals surface area contributed by atoms with Gasteiger partial charge in [-0.15, -0.1) is 0 Å². The maximum atomic E-state index is 11.1. The van der Waals surface area contributed by atoms with Crippen LogP contribution in [0.15, 0.2) is 0 Å². The summed E-state index contributed by atoms with van der Waals surface area (Å²) in [6, 6.07) is 0. The van der Waals surface area contributed by atoms with Gasteiger partial charge in [-0.2, -0.15) is 8.42 Å². The van der Waals surface area contributed by atoms with Crippen LogP contribution >= 0.6 is 0 Å². The molecule has 7 nitrogen and oxygen atoms in total. The van der Waals surface area contributed by atoms with Gasteiger partial charge in [-0.25, -0.2) is 0 Å². The summed E-state index contributed by atoms with van der Waals surface area (Å²) >= 11 is 0. The second-order valence-electron chi connectivity index (χ2n) is 2.77. The summed E-state index contributed by atoms with van der Waals surface area (Å²) < 4.78 is 34.4. The zero-order valence-electron chi connectivity index (χ0n) is 8.04. The molecule has 0 aromatic rings. The standard InChI is InChI=1S/C7H12O7S/c1-2-3-14-7(10)5(4-6(8)9)15(11,12)13/h5H,2-4H2,1H3,(H,8,9)(H,11,12,13). The number of hydrogen-bond acceptors (Lipinski definition) is 5. The number of esters is 1. The summed E-state index contributed by atoms with van der Waals surface area (Å²) in [5.74, 6) is -2.76. The van der Waals surface area contributed by atoms with Crippen molar-refractivity contribution in [3.63, 3.8) is 0 Å². The number of hydrogen-bond donors (Lipinski definition) is 2. The molecule has 0 amide bonds. The third-order valence-electron chi connectivity index (χ3n) is 1.43. The van der Waals surface area contributed by atoms with Crippen molar-refractivity contribution in [1.82, 2.24) is 0 Å². The zero-order chi connectivity index (χ0) is 12.1. The van der Waals surface area contributed by atoms with Crippen LogP contribution in [0.25, 0.3) is 0 Å². The summed E-state index contributed by atoms with van der Waals surface area (Å²) in [6.45, 7) is 1.66. The zero-order valence-corrected chi connectivity index (χ0v) is 8.86. The Bertz CT molecular complexity index is 331. The van der Waals surface area contributed by atoms with Crippen molar-refractivity contribution >= 4 is 22.1 Å². The number of rotatable bonds is 6. The van der Waals surface area contributed by atoms with Gasteiger partial charge in [0, 0.05) is 0 Å². The fraction of sp³-hybridized carbons (Fsp3) is 0.714. The minimum absolute atomic E-state index is 0.0233. The van der Waals surface area contributed by atoms with E-state index < -0.39 is 33.7 Å². The molecule has 0 aromatic heterocycles. The molecule has 0 aromatic carbocycles. The minimum Gasteiger partial charge on any atom is -0.481 e. The Labute approximate surface area is 86.8 Å². The molecule has 0 aliphatic rings. The molecule has 0 heterocycles. The normalized spacial score (nSPS) is 13.2. The van der Waals surface area contributed by atoms with Gasteiger partial charge in [-0.05, 0) is 6.42 Å². The van der Waals surface area contributed by atoms with Gasteiger partial charge >= 0.3 is 11.9 Å². The van der Waals surface area contributed by atoms with E-state index in [-0.39, 0.29) is 6.61 Å². The molecule has 0 aliphatic heterocycles. The van der Waals surface area contributed by atoms with Gasteiger partial charge in [0.25, 0.3) is 10.1 Å². The molecule has 0 saturated carbocycles. The Hall–Kier alpha value is -1.15. The largest absolute Gasteiger partial charge is 0.481 e. The van der Waals surface area contributed by atoms with Crippen molar-refractivity contribution < 1.29 is 32.4 Å². The first-order chi connectivity index (χ1) is 6.79. The summed E-state index contributed by atoms with van der Waals surface area (Å²) in [7, 11) is -4.75. The maximum absolute atomic E-state index is 11.1. The average molecular weight is 240 g/mol. The van der Waals surface area contributed by atoms with E-state index in [1.807, 2.05) is 0 Å². The molecule has 0 bridgehead atoms. The average Bonchev–Trinajstić information content (AvgIpc) is 2.08. The molecule has 15 heavy (non-hydrogen) atoms. The molecule has 1 atom stereocenters. The second-order valence-corrected chi connectivity index (χ2v) is 4.37. The molecule has 0 radical (unpaired) electrons. The fourth-order valence-corrected chi connectivity index (χ4v) is 1.43. The van der Waals surface area contributed by atoms with E-state index in [9.17, 15) is 18.0 Å². The SMILES string of the molecule is CCCOC(=O)C(CC(=O)O)S(=O)(=O)O. The number of carbonyl (C=O) groups is 2. The number of carboxylic acids is 1. The van der Waals surface area contributed by atoms with Crippen LogP contribution in [0.5, 0.6) is 0 Å². The third kappa shape index (κ3) is 5.33.